The standard InChI is InChI=1S/C21H21NO4S2/c1-15-5-7-17(8-6-15)21(23)22-14-19(16-9-11-18(26-2)12-10-16)28(24,25)20-4-3-13-27-20/h3-13,19H,14H2,1-2H3,(H,22,23)/t19-/m0/s1. The number of hydrogen-bond donors (Lipinski definition) is 1. The van der Waals surface area contributed by atoms with E-state index in [1.54, 1.807) is 61.0 Å². The van der Waals surface area contributed by atoms with Gasteiger partial charge in [-0.05, 0) is 48.2 Å². The molecule has 0 aliphatic carbocycles. The molecule has 0 saturated heterocycles. The molecule has 3 aromatic rings. The van der Waals surface area contributed by atoms with Crippen LogP contribution < -0.4 is 10.1 Å². The predicted octanol–water partition coefficient (Wildman–Crippen LogP) is 4.01. The maximum absolute atomic E-state index is 13.2. The normalized spacial score (nSPS) is 12.4. The van der Waals surface area contributed by atoms with E-state index in [1.807, 2.05) is 19.1 Å². The number of carbonyl (C=O) groups excluding carboxylic acids is 1. The van der Waals surface area contributed by atoms with Crippen molar-refractivity contribution in [2.24, 2.45) is 0 Å². The van der Waals surface area contributed by atoms with Gasteiger partial charge >= 0.3 is 0 Å². The smallest absolute Gasteiger partial charge is 0.251 e. The summed E-state index contributed by atoms with van der Waals surface area (Å²) in [6.07, 6.45) is 0. The molecular weight excluding hydrogens is 394 g/mol. The van der Waals surface area contributed by atoms with Crippen LogP contribution in [0.4, 0.5) is 0 Å². The Morgan fingerprint density at radius 1 is 1.07 bits per heavy atom. The lowest BCUT2D eigenvalue weighted by atomic mass is 10.1. The predicted molar refractivity (Wildman–Crippen MR) is 111 cm³/mol. The Hall–Kier alpha value is -2.64. The van der Waals surface area contributed by atoms with Crippen molar-refractivity contribution < 1.29 is 17.9 Å². The number of aryl methyl sites for hydroxylation is 1. The van der Waals surface area contributed by atoms with E-state index < -0.39 is 15.1 Å². The number of thiophene rings is 1. The zero-order chi connectivity index (χ0) is 20.1. The van der Waals surface area contributed by atoms with Gasteiger partial charge in [-0.3, -0.25) is 4.79 Å². The molecule has 28 heavy (non-hydrogen) atoms. The molecule has 7 heteroatoms. The Balaban J connectivity index is 1.87. The quantitative estimate of drug-likeness (QED) is 0.633. The summed E-state index contributed by atoms with van der Waals surface area (Å²) < 4.78 is 31.8. The third-order valence-electron chi connectivity index (χ3n) is 4.40. The summed E-state index contributed by atoms with van der Waals surface area (Å²) in [4.78, 5) is 12.5. The van der Waals surface area contributed by atoms with Gasteiger partial charge < -0.3 is 10.1 Å². The van der Waals surface area contributed by atoms with Crippen LogP contribution in [0.1, 0.15) is 26.7 Å². The molecule has 0 aliphatic rings. The van der Waals surface area contributed by atoms with E-state index in [-0.39, 0.29) is 16.7 Å². The first-order valence-corrected chi connectivity index (χ1v) is 11.1. The highest BCUT2D eigenvalue weighted by atomic mass is 32.2. The minimum atomic E-state index is -3.65. The van der Waals surface area contributed by atoms with Gasteiger partial charge in [-0.1, -0.05) is 35.9 Å². The Bertz CT molecular complexity index is 1030. The van der Waals surface area contributed by atoms with Crippen LogP contribution in [0.15, 0.2) is 70.3 Å². The average Bonchev–Trinajstić information content (AvgIpc) is 3.24. The Morgan fingerprint density at radius 3 is 2.32 bits per heavy atom. The van der Waals surface area contributed by atoms with Gasteiger partial charge in [-0.25, -0.2) is 8.42 Å². The van der Waals surface area contributed by atoms with E-state index in [9.17, 15) is 13.2 Å². The summed E-state index contributed by atoms with van der Waals surface area (Å²) in [6, 6.07) is 17.3. The second-order valence-electron chi connectivity index (χ2n) is 6.31. The molecule has 0 bridgehead atoms. The molecule has 1 N–H and O–H groups in total. The van der Waals surface area contributed by atoms with Crippen LogP contribution in [0.5, 0.6) is 5.75 Å². The Labute approximate surface area is 168 Å². The van der Waals surface area contributed by atoms with Crippen LogP contribution in [0.2, 0.25) is 0 Å². The van der Waals surface area contributed by atoms with E-state index in [2.05, 4.69) is 5.32 Å². The highest BCUT2D eigenvalue weighted by Gasteiger charge is 2.30. The van der Waals surface area contributed by atoms with Crippen molar-refractivity contribution in [1.82, 2.24) is 5.32 Å². The first kappa shape index (κ1) is 20.1. The molecule has 0 fully saturated rings. The zero-order valence-electron chi connectivity index (χ0n) is 15.6. The van der Waals surface area contributed by atoms with Gasteiger partial charge in [0.15, 0.2) is 9.84 Å². The fraction of sp³-hybridized carbons (Fsp3) is 0.190. The summed E-state index contributed by atoms with van der Waals surface area (Å²) in [5.41, 5.74) is 2.14. The van der Waals surface area contributed by atoms with Crippen molar-refractivity contribution in [2.75, 3.05) is 13.7 Å². The van der Waals surface area contributed by atoms with Crippen molar-refractivity contribution in [1.29, 1.82) is 0 Å². The first-order chi connectivity index (χ1) is 13.4. The molecule has 2 aromatic carbocycles. The molecule has 1 atom stereocenters. The number of amides is 1. The SMILES string of the molecule is COc1ccc([C@H](CNC(=O)c2ccc(C)cc2)S(=O)(=O)c2cccs2)cc1. The molecule has 0 unspecified atom stereocenters. The minimum Gasteiger partial charge on any atom is -0.497 e. The summed E-state index contributed by atoms with van der Waals surface area (Å²) in [5, 5.41) is 3.60. The molecule has 1 heterocycles. The van der Waals surface area contributed by atoms with E-state index in [0.717, 1.165) is 5.56 Å². The summed E-state index contributed by atoms with van der Waals surface area (Å²) in [6.45, 7) is 1.91. The number of methoxy groups -OCH3 is 1. The third-order valence-corrected chi connectivity index (χ3v) is 7.93. The molecule has 146 valence electrons. The molecule has 5 nitrogen and oxygen atoms in total. The maximum atomic E-state index is 13.2. The van der Waals surface area contributed by atoms with Gasteiger partial charge in [0, 0.05) is 12.1 Å². The third kappa shape index (κ3) is 4.43. The molecule has 0 saturated carbocycles. The lowest BCUT2D eigenvalue weighted by Gasteiger charge is -2.18. The molecule has 0 spiro atoms. The second kappa shape index (κ2) is 8.58. The van der Waals surface area contributed by atoms with Gasteiger partial charge in [-0.2, -0.15) is 0 Å². The number of hydrogen-bond acceptors (Lipinski definition) is 5. The van der Waals surface area contributed by atoms with E-state index in [1.165, 1.54) is 11.3 Å². The Morgan fingerprint density at radius 2 is 1.75 bits per heavy atom. The molecule has 1 aromatic heterocycles. The van der Waals surface area contributed by atoms with Crippen LogP contribution in [-0.2, 0) is 9.84 Å². The summed E-state index contributed by atoms with van der Waals surface area (Å²) in [7, 11) is -2.10. The van der Waals surface area contributed by atoms with Gasteiger partial charge in [0.05, 0.1) is 7.11 Å². The fourth-order valence-electron chi connectivity index (χ4n) is 2.78. The van der Waals surface area contributed by atoms with E-state index >= 15 is 0 Å². The van der Waals surface area contributed by atoms with E-state index in [0.29, 0.717) is 16.9 Å². The zero-order valence-corrected chi connectivity index (χ0v) is 17.2. The van der Waals surface area contributed by atoms with Crippen LogP contribution in [0.3, 0.4) is 0 Å². The van der Waals surface area contributed by atoms with Gasteiger partial charge in [0.1, 0.15) is 15.2 Å². The molecular formula is C21H21NO4S2. The van der Waals surface area contributed by atoms with Crippen LogP contribution >= 0.6 is 11.3 Å². The van der Waals surface area contributed by atoms with Crippen molar-refractivity contribution in [3.8, 4) is 5.75 Å². The maximum Gasteiger partial charge on any atom is 0.251 e. The van der Waals surface area contributed by atoms with Crippen LogP contribution in [-0.4, -0.2) is 28.0 Å². The largest absolute Gasteiger partial charge is 0.497 e. The number of rotatable bonds is 7. The highest BCUT2D eigenvalue weighted by molar-refractivity contribution is 7.93. The number of benzene rings is 2. The summed E-state index contributed by atoms with van der Waals surface area (Å²) in [5.74, 6) is 0.333. The highest BCUT2D eigenvalue weighted by Crippen LogP contribution is 2.32. The van der Waals surface area contributed by atoms with Crippen LogP contribution in [0, 0.1) is 6.92 Å². The van der Waals surface area contributed by atoms with Crippen LogP contribution in [0.25, 0.3) is 0 Å². The van der Waals surface area contributed by atoms with Crippen molar-refractivity contribution in [2.45, 2.75) is 16.4 Å². The first-order valence-electron chi connectivity index (χ1n) is 8.68. The van der Waals surface area contributed by atoms with Gasteiger partial charge in [0.25, 0.3) is 5.91 Å². The van der Waals surface area contributed by atoms with Crippen molar-refractivity contribution in [3.63, 3.8) is 0 Å². The monoisotopic (exact) mass is 415 g/mol. The number of nitrogens with one attached hydrogen (secondary N) is 1. The van der Waals surface area contributed by atoms with Crippen molar-refractivity contribution >= 4 is 27.1 Å². The summed E-state index contributed by atoms with van der Waals surface area (Å²) >= 11 is 1.17. The molecule has 1 amide bonds. The fourth-order valence-corrected chi connectivity index (χ4v) is 5.65. The van der Waals surface area contributed by atoms with E-state index in [4.69, 9.17) is 4.74 Å². The lowest BCUT2D eigenvalue weighted by Crippen LogP contribution is -2.31. The minimum absolute atomic E-state index is 0.0285. The number of carbonyl (C=O) groups is 1. The molecule has 0 aliphatic heterocycles. The molecule has 0 radical (unpaired) electrons. The number of ether oxygens (including phenoxy) is 1. The number of sulfone groups is 1. The molecule has 3 rings (SSSR count). The lowest BCUT2D eigenvalue weighted by molar-refractivity contribution is 0.0953. The average molecular weight is 416 g/mol. The van der Waals surface area contributed by atoms with Crippen molar-refractivity contribution in [3.05, 3.63) is 82.7 Å². The second-order valence-corrected chi connectivity index (χ2v) is 9.62. The van der Waals surface area contributed by atoms with Gasteiger partial charge in [0.2, 0.25) is 0 Å². The van der Waals surface area contributed by atoms with Gasteiger partial charge in [-0.15, -0.1) is 11.3 Å². The topological polar surface area (TPSA) is 72.5 Å². The Kier molecular flexibility index (Phi) is 6.16.